The van der Waals surface area contributed by atoms with E-state index in [9.17, 15) is 18.7 Å². The van der Waals surface area contributed by atoms with Gasteiger partial charge in [0.2, 0.25) is 0 Å². The normalized spacial score (nSPS) is 23.1. The van der Waals surface area contributed by atoms with E-state index in [0.29, 0.717) is 17.3 Å². The van der Waals surface area contributed by atoms with E-state index in [1.54, 1.807) is 0 Å². The average Bonchev–Trinajstić information content (AvgIpc) is 2.60. The Bertz CT molecular complexity index is 804. The van der Waals surface area contributed by atoms with E-state index in [2.05, 4.69) is 26.7 Å². The number of phenolic OH excluding ortho intramolecular Hbond substituents is 1. The number of carbonyl (C=O) groups is 1. The van der Waals surface area contributed by atoms with Crippen molar-refractivity contribution in [1.29, 1.82) is 0 Å². The highest BCUT2D eigenvalue weighted by Gasteiger charge is 2.48. The van der Waals surface area contributed by atoms with Crippen LogP contribution in [0.15, 0.2) is 23.8 Å². The van der Waals surface area contributed by atoms with E-state index in [1.165, 1.54) is 11.6 Å². The molecule has 1 aromatic rings. The number of aromatic hydroxyl groups is 1. The second kappa shape index (κ2) is 7.65. The van der Waals surface area contributed by atoms with Gasteiger partial charge in [-0.05, 0) is 52.2 Å². The lowest BCUT2D eigenvalue weighted by molar-refractivity contribution is -0.173. The van der Waals surface area contributed by atoms with Gasteiger partial charge in [0.1, 0.15) is 17.1 Å². The molecule has 0 amide bonds. The number of benzene rings is 1. The molecule has 1 heterocycles. The molecule has 0 spiro atoms. The zero-order valence-electron chi connectivity index (χ0n) is 16.2. The number of allylic oxidation sites excluding steroid dienone is 2. The molecular weight excluding hydrogens is 434 g/mol. The van der Waals surface area contributed by atoms with Gasteiger partial charge in [0.05, 0.1) is 6.61 Å². The molecule has 1 aromatic carbocycles. The predicted molar refractivity (Wildman–Crippen MR) is 105 cm³/mol. The number of halogens is 3. The standard InChI is InChI=1S/C21H25BrF2O4/c1-12-5-6-15-14(9-12)18-16(25)10-13(11-17(18)28-20(15,2)3)21(23,24)19(26)27-8-4-7-22/h5,10-11,14-15,25H,4,6-9H2,1-3H3/t14-,15?/m1/s1. The lowest BCUT2D eigenvalue weighted by atomic mass is 9.67. The van der Waals surface area contributed by atoms with Crippen molar-refractivity contribution in [3.05, 3.63) is 34.9 Å². The number of hydrogen-bond donors (Lipinski definition) is 1. The second-order valence-corrected chi connectivity index (χ2v) is 8.86. The molecule has 1 aliphatic carbocycles. The molecule has 3 rings (SSSR count). The van der Waals surface area contributed by atoms with Crippen molar-refractivity contribution in [2.24, 2.45) is 5.92 Å². The van der Waals surface area contributed by atoms with Gasteiger partial charge in [0.25, 0.3) is 0 Å². The summed E-state index contributed by atoms with van der Waals surface area (Å²) in [5.41, 5.74) is 0.550. The van der Waals surface area contributed by atoms with Crippen LogP contribution in [0.1, 0.15) is 57.1 Å². The van der Waals surface area contributed by atoms with Gasteiger partial charge in [-0.25, -0.2) is 4.79 Å². The summed E-state index contributed by atoms with van der Waals surface area (Å²) in [6.07, 6.45) is 4.15. The van der Waals surface area contributed by atoms with Crippen LogP contribution in [0.25, 0.3) is 0 Å². The minimum atomic E-state index is -3.87. The molecule has 1 unspecified atom stereocenters. The SMILES string of the molecule is CC1=CCC2[C@@H](C1)c1c(O)cc(C(F)(F)C(=O)OCCCBr)cc1OC2(C)C. The number of phenols is 1. The summed E-state index contributed by atoms with van der Waals surface area (Å²) in [5.74, 6) is -5.43. The molecule has 4 nitrogen and oxygen atoms in total. The third-order valence-electron chi connectivity index (χ3n) is 5.63. The van der Waals surface area contributed by atoms with Crippen molar-refractivity contribution < 1.29 is 28.2 Å². The molecule has 154 valence electrons. The fraction of sp³-hybridized carbons (Fsp3) is 0.571. The zero-order chi connectivity index (χ0) is 20.7. The van der Waals surface area contributed by atoms with Crippen LogP contribution in [0.3, 0.4) is 0 Å². The maximum atomic E-state index is 14.7. The molecule has 7 heteroatoms. The Morgan fingerprint density at radius 2 is 2.14 bits per heavy atom. The van der Waals surface area contributed by atoms with Crippen LogP contribution in [0.4, 0.5) is 8.78 Å². The van der Waals surface area contributed by atoms with Gasteiger partial charge in [0, 0.05) is 28.3 Å². The minimum Gasteiger partial charge on any atom is -0.508 e. The van der Waals surface area contributed by atoms with E-state index in [0.717, 1.165) is 18.9 Å². The Kier molecular flexibility index (Phi) is 5.76. The molecule has 2 aliphatic rings. The molecule has 0 saturated carbocycles. The first-order valence-corrected chi connectivity index (χ1v) is 10.5. The summed E-state index contributed by atoms with van der Waals surface area (Å²) < 4.78 is 40.0. The molecule has 0 saturated heterocycles. The summed E-state index contributed by atoms with van der Waals surface area (Å²) in [5, 5.41) is 11.1. The van der Waals surface area contributed by atoms with E-state index >= 15 is 0 Å². The number of fused-ring (bicyclic) bond motifs is 3. The molecule has 28 heavy (non-hydrogen) atoms. The van der Waals surface area contributed by atoms with Crippen molar-refractivity contribution in [2.75, 3.05) is 11.9 Å². The van der Waals surface area contributed by atoms with Crippen molar-refractivity contribution in [3.63, 3.8) is 0 Å². The van der Waals surface area contributed by atoms with Crippen LogP contribution in [-0.2, 0) is 15.5 Å². The average molecular weight is 459 g/mol. The van der Waals surface area contributed by atoms with Gasteiger partial charge < -0.3 is 14.6 Å². The van der Waals surface area contributed by atoms with Gasteiger partial charge >= 0.3 is 11.9 Å². The first kappa shape index (κ1) is 21.1. The van der Waals surface area contributed by atoms with Crippen LogP contribution < -0.4 is 4.74 Å². The third kappa shape index (κ3) is 3.78. The van der Waals surface area contributed by atoms with Gasteiger partial charge in [-0.2, -0.15) is 8.78 Å². The van der Waals surface area contributed by atoms with Gasteiger partial charge in [-0.3, -0.25) is 0 Å². The van der Waals surface area contributed by atoms with Crippen LogP contribution in [-0.4, -0.2) is 28.6 Å². The molecular formula is C21H25BrF2O4. The van der Waals surface area contributed by atoms with E-state index in [1.807, 2.05) is 20.8 Å². The monoisotopic (exact) mass is 458 g/mol. The van der Waals surface area contributed by atoms with E-state index in [4.69, 9.17) is 4.74 Å². The Hall–Kier alpha value is -1.63. The maximum absolute atomic E-state index is 14.7. The van der Waals surface area contributed by atoms with E-state index in [-0.39, 0.29) is 29.9 Å². The second-order valence-electron chi connectivity index (χ2n) is 8.07. The van der Waals surface area contributed by atoms with Crippen LogP contribution in [0, 0.1) is 5.92 Å². The van der Waals surface area contributed by atoms with Crippen molar-refractivity contribution in [3.8, 4) is 11.5 Å². The number of rotatable bonds is 5. The topological polar surface area (TPSA) is 55.8 Å². The smallest absolute Gasteiger partial charge is 0.381 e. The van der Waals surface area contributed by atoms with Crippen LogP contribution >= 0.6 is 15.9 Å². The first-order chi connectivity index (χ1) is 13.1. The van der Waals surface area contributed by atoms with Gasteiger partial charge in [-0.1, -0.05) is 27.6 Å². The first-order valence-electron chi connectivity index (χ1n) is 9.41. The molecule has 1 aliphatic heterocycles. The Morgan fingerprint density at radius 3 is 2.82 bits per heavy atom. The van der Waals surface area contributed by atoms with Gasteiger partial charge in [0.15, 0.2) is 0 Å². The summed E-state index contributed by atoms with van der Waals surface area (Å²) >= 11 is 3.16. The van der Waals surface area contributed by atoms with Gasteiger partial charge in [-0.15, -0.1) is 0 Å². The fourth-order valence-electron chi connectivity index (χ4n) is 4.17. The molecule has 1 N–H and O–H groups in total. The van der Waals surface area contributed by atoms with Crippen molar-refractivity contribution >= 4 is 21.9 Å². The third-order valence-corrected chi connectivity index (χ3v) is 6.20. The molecule has 2 atom stereocenters. The molecule has 0 fully saturated rings. The highest BCUT2D eigenvalue weighted by molar-refractivity contribution is 9.09. The summed E-state index contributed by atoms with van der Waals surface area (Å²) in [6.45, 7) is 5.79. The van der Waals surface area contributed by atoms with Crippen molar-refractivity contribution in [1.82, 2.24) is 0 Å². The fourth-order valence-corrected chi connectivity index (χ4v) is 4.40. The molecule has 0 aromatic heterocycles. The number of esters is 1. The van der Waals surface area contributed by atoms with Crippen LogP contribution in [0.2, 0.25) is 0 Å². The number of carbonyl (C=O) groups excluding carboxylic acids is 1. The molecule has 0 radical (unpaired) electrons. The highest BCUT2D eigenvalue weighted by Crippen LogP contribution is 2.55. The predicted octanol–water partition coefficient (Wildman–Crippen LogP) is 5.42. The van der Waals surface area contributed by atoms with Crippen LogP contribution in [0.5, 0.6) is 11.5 Å². The van der Waals surface area contributed by atoms with E-state index < -0.39 is 23.1 Å². The summed E-state index contributed by atoms with van der Waals surface area (Å²) in [4.78, 5) is 11.9. The highest BCUT2D eigenvalue weighted by atomic mass is 79.9. The Morgan fingerprint density at radius 1 is 1.43 bits per heavy atom. The Labute approximate surface area is 172 Å². The number of alkyl halides is 3. The Balaban J connectivity index is 1.98. The number of ether oxygens (including phenoxy) is 2. The number of hydrogen-bond acceptors (Lipinski definition) is 4. The quantitative estimate of drug-likeness (QED) is 0.277. The molecule has 0 bridgehead atoms. The van der Waals surface area contributed by atoms with Crippen molar-refractivity contribution in [2.45, 2.75) is 57.5 Å². The maximum Gasteiger partial charge on any atom is 0.381 e. The largest absolute Gasteiger partial charge is 0.508 e. The lowest BCUT2D eigenvalue weighted by Gasteiger charge is -2.47. The lowest BCUT2D eigenvalue weighted by Crippen LogP contribution is -2.45. The summed E-state index contributed by atoms with van der Waals surface area (Å²) in [7, 11) is 0. The minimum absolute atomic E-state index is 0.0164. The summed E-state index contributed by atoms with van der Waals surface area (Å²) in [6, 6.07) is 2.14. The zero-order valence-corrected chi connectivity index (χ0v) is 17.8.